The largest absolute Gasteiger partial charge is 0.372 e. The highest BCUT2D eigenvalue weighted by atomic mass is 16.3. The molecule has 1 amide bonds. The molecule has 0 aromatic heterocycles. The van der Waals surface area contributed by atoms with E-state index in [1.807, 2.05) is 36.4 Å². The first kappa shape index (κ1) is 19.2. The molecule has 25 heavy (non-hydrogen) atoms. The van der Waals surface area contributed by atoms with Crippen molar-refractivity contribution in [2.45, 2.75) is 19.4 Å². The van der Waals surface area contributed by atoms with E-state index >= 15 is 0 Å². The van der Waals surface area contributed by atoms with Gasteiger partial charge in [0.05, 0.1) is 33.2 Å². The quantitative estimate of drug-likeness (QED) is 0.725. The maximum Gasteiger partial charge on any atom is 0.261 e. The number of hydrogen-bond donors (Lipinski definition) is 2. The van der Waals surface area contributed by atoms with Gasteiger partial charge in [-0.25, -0.2) is 0 Å². The van der Waals surface area contributed by atoms with Gasteiger partial charge in [0, 0.05) is 0 Å². The van der Waals surface area contributed by atoms with E-state index in [0.29, 0.717) is 17.7 Å². The summed E-state index contributed by atoms with van der Waals surface area (Å²) < 4.78 is 0.884. The van der Waals surface area contributed by atoms with Crippen LogP contribution in [0.3, 0.4) is 0 Å². The van der Waals surface area contributed by atoms with E-state index in [9.17, 15) is 9.90 Å². The van der Waals surface area contributed by atoms with Gasteiger partial charge in [0.2, 0.25) is 0 Å². The van der Waals surface area contributed by atoms with Crippen LogP contribution in [0.25, 0.3) is 0 Å². The summed E-state index contributed by atoms with van der Waals surface area (Å²) >= 11 is 0. The zero-order chi connectivity index (χ0) is 18.3. The normalized spacial score (nSPS) is 12.0. The molecule has 0 aliphatic carbocycles. The van der Waals surface area contributed by atoms with Gasteiger partial charge in [0.15, 0.2) is 5.60 Å². The monoisotopic (exact) mass is 341 g/mol. The molecule has 2 aromatic carbocycles. The Kier molecular flexibility index (Phi) is 6.34. The minimum Gasteiger partial charge on any atom is -0.372 e. The second-order valence-corrected chi connectivity index (χ2v) is 6.67. The molecule has 0 atom stereocenters. The van der Waals surface area contributed by atoms with Crippen molar-refractivity contribution < 1.29 is 14.4 Å². The molecule has 0 spiro atoms. The van der Waals surface area contributed by atoms with Crippen LogP contribution in [0.2, 0.25) is 0 Å². The maximum absolute atomic E-state index is 13.0. The molecule has 2 rings (SSSR count). The van der Waals surface area contributed by atoms with E-state index in [1.165, 1.54) is 0 Å². The summed E-state index contributed by atoms with van der Waals surface area (Å²) in [7, 11) is 2.17. The fraction of sp³-hybridized carbons (Fsp3) is 0.381. The molecule has 0 bridgehead atoms. The zero-order valence-corrected chi connectivity index (χ0v) is 15.4. The van der Waals surface area contributed by atoms with E-state index in [-0.39, 0.29) is 5.91 Å². The molecule has 0 unspecified atom stereocenters. The summed E-state index contributed by atoms with van der Waals surface area (Å²) in [5, 5.41) is 14.3. The van der Waals surface area contributed by atoms with Gasteiger partial charge < -0.3 is 14.9 Å². The maximum atomic E-state index is 13.0. The van der Waals surface area contributed by atoms with Gasteiger partial charge in [0.25, 0.3) is 5.91 Å². The third-order valence-corrected chi connectivity index (χ3v) is 5.18. The Balaban J connectivity index is 2.23. The van der Waals surface area contributed by atoms with Crippen molar-refractivity contribution in [3.05, 3.63) is 71.8 Å². The van der Waals surface area contributed by atoms with Crippen molar-refractivity contribution >= 4 is 5.91 Å². The fourth-order valence-electron chi connectivity index (χ4n) is 2.89. The third-order valence-electron chi connectivity index (χ3n) is 5.18. The van der Waals surface area contributed by atoms with Gasteiger partial charge in [-0.3, -0.25) is 4.79 Å². The molecule has 134 valence electrons. The number of rotatable bonds is 8. The molecule has 0 fully saturated rings. The number of carbonyl (C=O) groups is 1. The molecule has 0 heterocycles. The number of hydrogen-bond acceptors (Lipinski definition) is 2. The van der Waals surface area contributed by atoms with Crippen LogP contribution in [0.4, 0.5) is 0 Å². The molecule has 4 heteroatoms. The predicted octanol–water partition coefficient (Wildman–Crippen LogP) is 2.53. The first-order valence-corrected chi connectivity index (χ1v) is 8.91. The lowest BCUT2D eigenvalue weighted by Crippen LogP contribution is -2.51. The second-order valence-electron chi connectivity index (χ2n) is 6.67. The summed E-state index contributed by atoms with van der Waals surface area (Å²) in [6.45, 7) is 7.67. The van der Waals surface area contributed by atoms with Crippen molar-refractivity contribution in [1.29, 1.82) is 0 Å². The van der Waals surface area contributed by atoms with Crippen LogP contribution in [0.15, 0.2) is 60.7 Å². The zero-order valence-electron chi connectivity index (χ0n) is 15.4. The Morgan fingerprint density at radius 3 is 1.80 bits per heavy atom. The van der Waals surface area contributed by atoms with E-state index < -0.39 is 5.60 Å². The van der Waals surface area contributed by atoms with Crippen LogP contribution in [0, 0.1) is 0 Å². The molecular weight excluding hydrogens is 312 g/mol. The molecule has 0 saturated heterocycles. The van der Waals surface area contributed by atoms with Crippen LogP contribution in [0.1, 0.15) is 25.0 Å². The van der Waals surface area contributed by atoms with E-state index in [1.54, 1.807) is 24.3 Å². The number of amides is 1. The molecular formula is C21H29N2O2+. The fourth-order valence-corrected chi connectivity index (χ4v) is 2.89. The summed E-state index contributed by atoms with van der Waals surface area (Å²) in [5.41, 5.74) is -0.548. The second kappa shape index (κ2) is 8.28. The highest BCUT2D eigenvalue weighted by Gasteiger charge is 2.39. The van der Waals surface area contributed by atoms with Crippen molar-refractivity contribution in [1.82, 2.24) is 5.32 Å². The number of benzene rings is 2. The first-order chi connectivity index (χ1) is 12.0. The van der Waals surface area contributed by atoms with Gasteiger partial charge in [-0.2, -0.15) is 0 Å². The van der Waals surface area contributed by atoms with Gasteiger partial charge in [-0.1, -0.05) is 60.7 Å². The Bertz CT molecular complexity index is 627. The van der Waals surface area contributed by atoms with Gasteiger partial charge >= 0.3 is 0 Å². The van der Waals surface area contributed by atoms with Crippen LogP contribution >= 0.6 is 0 Å². The predicted molar refractivity (Wildman–Crippen MR) is 101 cm³/mol. The molecule has 2 N–H and O–H groups in total. The number of aliphatic hydroxyl groups is 1. The highest BCUT2D eigenvalue weighted by molar-refractivity contribution is 5.90. The number of carbonyl (C=O) groups excluding carboxylic acids is 1. The number of likely N-dealkylation sites (N-methyl/N-ethyl adjacent to an activating group) is 1. The third kappa shape index (κ3) is 4.27. The lowest BCUT2D eigenvalue weighted by atomic mass is 9.85. The summed E-state index contributed by atoms with van der Waals surface area (Å²) in [5.74, 6) is -0.386. The first-order valence-electron chi connectivity index (χ1n) is 8.91. The Labute approximate surface area is 150 Å². The minimum absolute atomic E-state index is 0.386. The SMILES string of the molecule is CC[N+](C)(CC)CCNC(=O)C(O)(c1ccccc1)c1ccccc1. The molecule has 0 saturated carbocycles. The smallest absolute Gasteiger partial charge is 0.261 e. The van der Waals surface area contributed by atoms with Crippen molar-refractivity contribution in [2.75, 3.05) is 33.2 Å². The van der Waals surface area contributed by atoms with E-state index in [0.717, 1.165) is 24.1 Å². The highest BCUT2D eigenvalue weighted by Crippen LogP contribution is 2.29. The van der Waals surface area contributed by atoms with Gasteiger partial charge in [-0.15, -0.1) is 0 Å². The van der Waals surface area contributed by atoms with Crippen LogP contribution in [-0.2, 0) is 10.4 Å². The standard InChI is InChI=1S/C21H28N2O2/c1-4-23(3,5-2)17-16-22-20(24)21(25,18-12-8-6-9-13-18)19-14-10-7-11-15-19/h6-15,25H,4-5,16-17H2,1-3H3/p+1. The lowest BCUT2D eigenvalue weighted by Gasteiger charge is -2.33. The summed E-state index contributed by atoms with van der Waals surface area (Å²) in [6, 6.07) is 18.2. The molecule has 0 aliphatic rings. The lowest BCUT2D eigenvalue weighted by molar-refractivity contribution is -0.904. The average molecular weight is 341 g/mol. The van der Waals surface area contributed by atoms with Crippen molar-refractivity contribution in [3.63, 3.8) is 0 Å². The number of nitrogens with one attached hydrogen (secondary N) is 1. The molecule has 0 aliphatic heterocycles. The molecule has 2 aromatic rings. The van der Waals surface area contributed by atoms with Gasteiger partial charge in [0.1, 0.15) is 0 Å². The van der Waals surface area contributed by atoms with Crippen molar-refractivity contribution in [3.8, 4) is 0 Å². The number of quaternary nitrogens is 1. The number of nitrogens with zero attached hydrogens (tertiary/aromatic N) is 1. The Morgan fingerprint density at radius 1 is 0.960 bits per heavy atom. The Morgan fingerprint density at radius 2 is 1.40 bits per heavy atom. The van der Waals surface area contributed by atoms with E-state index in [4.69, 9.17) is 0 Å². The average Bonchev–Trinajstić information content (AvgIpc) is 2.68. The van der Waals surface area contributed by atoms with Gasteiger partial charge in [-0.05, 0) is 25.0 Å². The summed E-state index contributed by atoms with van der Waals surface area (Å²) in [4.78, 5) is 13.0. The van der Waals surface area contributed by atoms with E-state index in [2.05, 4.69) is 26.2 Å². The molecule has 0 radical (unpaired) electrons. The van der Waals surface area contributed by atoms with Crippen molar-refractivity contribution in [2.24, 2.45) is 0 Å². The minimum atomic E-state index is -1.69. The van der Waals surface area contributed by atoms with Crippen LogP contribution < -0.4 is 5.32 Å². The Hall–Kier alpha value is -2.17. The molecule has 4 nitrogen and oxygen atoms in total. The van der Waals surface area contributed by atoms with Crippen LogP contribution in [0.5, 0.6) is 0 Å². The topological polar surface area (TPSA) is 49.3 Å². The van der Waals surface area contributed by atoms with Crippen LogP contribution in [-0.4, -0.2) is 48.7 Å². The summed E-state index contributed by atoms with van der Waals surface area (Å²) in [6.07, 6.45) is 0.